The lowest BCUT2D eigenvalue weighted by Crippen LogP contribution is -2.59. The van der Waals surface area contributed by atoms with E-state index in [9.17, 15) is 29.2 Å². The van der Waals surface area contributed by atoms with Crippen LogP contribution in [0.4, 0.5) is 0 Å². The van der Waals surface area contributed by atoms with Gasteiger partial charge in [-0.05, 0) is 68.5 Å². The fraction of sp³-hybridized carbons (Fsp3) is 0.556. The van der Waals surface area contributed by atoms with Gasteiger partial charge in [0.05, 0.1) is 6.04 Å². The van der Waals surface area contributed by atoms with Crippen molar-refractivity contribution in [2.45, 2.75) is 102 Å². The van der Waals surface area contributed by atoms with Crippen LogP contribution in [0.5, 0.6) is 0 Å². The number of hydrogen-bond acceptors (Lipinski definition) is 8. The van der Waals surface area contributed by atoms with Crippen LogP contribution in [-0.2, 0) is 32.0 Å². The number of benzene rings is 2. The Hall–Kier alpha value is -3.78. The predicted octanol–water partition coefficient (Wildman–Crippen LogP) is 1.28. The highest BCUT2D eigenvalue weighted by Gasteiger charge is 2.42. The van der Waals surface area contributed by atoms with Gasteiger partial charge in [-0.3, -0.25) is 19.2 Å². The van der Waals surface area contributed by atoms with Crippen molar-refractivity contribution in [2.24, 2.45) is 17.4 Å². The van der Waals surface area contributed by atoms with Gasteiger partial charge >= 0.3 is 7.12 Å². The lowest BCUT2D eigenvalue weighted by molar-refractivity contribution is -0.139. The van der Waals surface area contributed by atoms with E-state index < -0.39 is 54.3 Å². The lowest BCUT2D eigenvalue weighted by atomic mass is 9.54. The van der Waals surface area contributed by atoms with Crippen LogP contribution in [0.15, 0.2) is 60.7 Å². The maximum atomic E-state index is 13.9. The normalized spacial score (nSPS) is 16.6. The average Bonchev–Trinajstić information content (AvgIpc) is 3.07. The molecule has 0 aliphatic carbocycles. The van der Waals surface area contributed by atoms with Crippen molar-refractivity contribution in [1.29, 1.82) is 0 Å². The molecule has 0 spiro atoms. The van der Waals surface area contributed by atoms with Crippen molar-refractivity contribution in [3.8, 4) is 0 Å². The number of unbranched alkanes of at least 4 members (excludes halogenated alkanes) is 1. The topological polar surface area (TPSA) is 200 Å². The first-order valence-electron chi connectivity index (χ1n) is 17.4. The highest BCUT2D eigenvalue weighted by Crippen LogP contribution is 2.39. The molecule has 1 fully saturated rings. The molecule has 4 atom stereocenters. The molecule has 268 valence electrons. The fourth-order valence-electron chi connectivity index (χ4n) is 6.01. The van der Waals surface area contributed by atoms with Gasteiger partial charge in [0.25, 0.3) is 0 Å². The third kappa shape index (κ3) is 12.6. The van der Waals surface area contributed by atoms with Crippen LogP contribution < -0.4 is 27.4 Å². The largest absolute Gasteiger partial charge is 0.457 e. The van der Waals surface area contributed by atoms with E-state index in [-0.39, 0.29) is 18.2 Å². The first-order valence-corrected chi connectivity index (χ1v) is 17.4. The van der Waals surface area contributed by atoms with Crippen LogP contribution in [0.2, 0.25) is 5.31 Å². The zero-order valence-electron chi connectivity index (χ0n) is 29.1. The van der Waals surface area contributed by atoms with Gasteiger partial charge in [0.2, 0.25) is 23.6 Å². The summed E-state index contributed by atoms with van der Waals surface area (Å²) in [6.45, 7) is 6.75. The summed E-state index contributed by atoms with van der Waals surface area (Å²) in [5, 5.41) is 27.5. The van der Waals surface area contributed by atoms with E-state index in [4.69, 9.17) is 11.5 Å². The van der Waals surface area contributed by atoms with E-state index in [0.29, 0.717) is 64.6 Å². The monoisotopic (exact) mass is 678 g/mol. The first kappa shape index (κ1) is 39.7. The Morgan fingerprint density at radius 2 is 1.31 bits per heavy atom. The number of carbonyl (C=O) groups excluding carboxylic acids is 4. The minimum absolute atomic E-state index is 0.0218. The second-order valence-electron chi connectivity index (χ2n) is 13.9. The van der Waals surface area contributed by atoms with Gasteiger partial charge in [-0.25, -0.2) is 0 Å². The number of amides is 4. The highest BCUT2D eigenvalue weighted by atomic mass is 16.4. The molecule has 2 aromatic rings. The second-order valence-corrected chi connectivity index (χ2v) is 13.9. The van der Waals surface area contributed by atoms with E-state index in [1.54, 1.807) is 11.8 Å². The third-order valence-corrected chi connectivity index (χ3v) is 9.29. The van der Waals surface area contributed by atoms with Gasteiger partial charge in [-0.15, -0.1) is 0 Å². The molecule has 1 aliphatic heterocycles. The van der Waals surface area contributed by atoms with Gasteiger partial charge < -0.3 is 42.4 Å². The molecular weight excluding hydrogens is 623 g/mol. The average molecular weight is 679 g/mol. The standard InChI is InChI=1S/C36H55BN6O6/c1-25(2)22-30(33(45)40-29(16-10-11-19-38)35(47)43-20-17-36(3,18-21-43)37(48)49)42-34(46)31(24-27-14-8-5-9-15-27)41-32(44)28(39)23-26-12-6-4-7-13-26/h4-9,12-15,25,28-31,48-49H,10-11,16-24,38-39H2,1-3H3,(H,40,45)(H,41,44)(H,42,46)/t28-,29-,30-,31-/m1/s1. The number of likely N-dealkylation sites (tertiary alicyclic amines) is 1. The maximum Gasteiger partial charge on any atom is 0.457 e. The van der Waals surface area contributed by atoms with Crippen LogP contribution >= 0.6 is 0 Å². The minimum atomic E-state index is -1.49. The summed E-state index contributed by atoms with van der Waals surface area (Å²) in [7, 11) is -1.49. The summed E-state index contributed by atoms with van der Waals surface area (Å²) < 4.78 is 0. The van der Waals surface area contributed by atoms with Crippen LogP contribution in [0, 0.1) is 5.92 Å². The van der Waals surface area contributed by atoms with Crippen molar-refractivity contribution in [2.75, 3.05) is 19.6 Å². The molecule has 13 heteroatoms. The summed E-state index contributed by atoms with van der Waals surface area (Å²) in [5.41, 5.74) is 13.7. The summed E-state index contributed by atoms with van der Waals surface area (Å²) >= 11 is 0. The van der Waals surface area contributed by atoms with Crippen molar-refractivity contribution in [1.82, 2.24) is 20.9 Å². The van der Waals surface area contributed by atoms with Crippen LogP contribution in [0.3, 0.4) is 0 Å². The minimum Gasteiger partial charge on any atom is -0.427 e. The summed E-state index contributed by atoms with van der Waals surface area (Å²) in [6, 6.07) is 14.9. The van der Waals surface area contributed by atoms with Gasteiger partial charge in [-0.2, -0.15) is 0 Å². The Bertz CT molecular complexity index is 1340. The molecule has 0 radical (unpaired) electrons. The zero-order chi connectivity index (χ0) is 36.0. The van der Waals surface area contributed by atoms with Crippen molar-refractivity contribution in [3.05, 3.63) is 71.8 Å². The molecule has 4 amide bonds. The Kier molecular flexibility index (Phi) is 15.7. The number of nitrogens with one attached hydrogen (secondary N) is 3. The molecule has 1 heterocycles. The smallest absolute Gasteiger partial charge is 0.427 e. The van der Waals surface area contributed by atoms with Crippen molar-refractivity contribution < 1.29 is 29.2 Å². The Morgan fingerprint density at radius 3 is 1.84 bits per heavy atom. The molecule has 0 unspecified atom stereocenters. The fourth-order valence-corrected chi connectivity index (χ4v) is 6.01. The molecular formula is C36H55BN6O6. The van der Waals surface area contributed by atoms with Crippen LogP contribution in [-0.4, -0.2) is 89.5 Å². The summed E-state index contributed by atoms with van der Waals surface area (Å²) in [5.74, 6) is -1.74. The number of carbonyl (C=O) groups is 4. The number of piperidine rings is 1. The second kappa shape index (κ2) is 19.4. The van der Waals surface area contributed by atoms with Crippen LogP contribution in [0.25, 0.3) is 0 Å². The molecule has 0 aromatic heterocycles. The molecule has 2 aromatic carbocycles. The van der Waals surface area contributed by atoms with Crippen molar-refractivity contribution in [3.63, 3.8) is 0 Å². The predicted molar refractivity (Wildman–Crippen MR) is 191 cm³/mol. The quantitative estimate of drug-likeness (QED) is 0.0903. The maximum absolute atomic E-state index is 13.9. The molecule has 1 saturated heterocycles. The summed E-state index contributed by atoms with van der Waals surface area (Å²) in [6.07, 6.45) is 3.26. The first-order chi connectivity index (χ1) is 23.3. The molecule has 9 N–H and O–H groups in total. The molecule has 0 saturated carbocycles. The number of nitrogens with two attached hydrogens (primary N) is 2. The van der Waals surface area contributed by atoms with Crippen LogP contribution in [0.1, 0.15) is 70.4 Å². The number of nitrogens with zero attached hydrogens (tertiary/aromatic N) is 1. The zero-order valence-corrected chi connectivity index (χ0v) is 29.1. The number of hydrogen-bond donors (Lipinski definition) is 7. The highest BCUT2D eigenvalue weighted by molar-refractivity contribution is 6.45. The van der Waals surface area contributed by atoms with Gasteiger partial charge in [0, 0.05) is 24.8 Å². The van der Waals surface area contributed by atoms with Gasteiger partial charge in [0.1, 0.15) is 18.1 Å². The van der Waals surface area contributed by atoms with Crippen molar-refractivity contribution >= 4 is 30.7 Å². The molecule has 1 aliphatic rings. The Labute approximate surface area is 290 Å². The van der Waals surface area contributed by atoms with E-state index in [1.807, 2.05) is 74.5 Å². The van der Waals surface area contributed by atoms with E-state index >= 15 is 0 Å². The molecule has 12 nitrogen and oxygen atoms in total. The van der Waals surface area contributed by atoms with E-state index in [1.165, 1.54) is 0 Å². The lowest BCUT2D eigenvalue weighted by Gasteiger charge is -2.40. The Balaban J connectivity index is 1.76. The summed E-state index contributed by atoms with van der Waals surface area (Å²) in [4.78, 5) is 56.3. The number of rotatable bonds is 18. The van der Waals surface area contributed by atoms with E-state index in [0.717, 1.165) is 11.1 Å². The SMILES string of the molecule is CC(C)C[C@@H](NC(=O)[C@@H](Cc1ccccc1)NC(=O)[C@H](N)Cc1ccccc1)C(=O)N[C@H](CCCCN)C(=O)N1CCC(C)(B(O)O)CC1. The molecule has 3 rings (SSSR count). The van der Waals surface area contributed by atoms with E-state index in [2.05, 4.69) is 16.0 Å². The molecule has 0 bridgehead atoms. The molecule has 49 heavy (non-hydrogen) atoms. The van der Waals surface area contributed by atoms with Gasteiger partial charge in [0.15, 0.2) is 0 Å². The third-order valence-electron chi connectivity index (χ3n) is 9.29. The Morgan fingerprint density at radius 1 is 0.796 bits per heavy atom. The van der Waals surface area contributed by atoms with Gasteiger partial charge in [-0.1, -0.05) is 81.4 Å².